The maximum Gasteiger partial charge on any atom is 0.264 e. The zero-order valence-corrected chi connectivity index (χ0v) is 33.8. The molecule has 2 aromatic carbocycles. The van der Waals surface area contributed by atoms with Crippen molar-refractivity contribution < 1.29 is 32.5 Å². The molecule has 7 atom stereocenters. The van der Waals surface area contributed by atoms with E-state index >= 15 is 0 Å². The Morgan fingerprint density at radius 1 is 1.11 bits per heavy atom. The summed E-state index contributed by atoms with van der Waals surface area (Å²) in [5, 5.41) is 9.75. The monoisotopic (exact) mass is 796 g/mol. The van der Waals surface area contributed by atoms with Crippen LogP contribution in [0.15, 0.2) is 48.6 Å². The van der Waals surface area contributed by atoms with Crippen LogP contribution in [0, 0.1) is 17.8 Å². The number of rotatable bonds is 5. The summed E-state index contributed by atoms with van der Waals surface area (Å²) >= 11 is 6.51. The molecule has 6 aliphatic rings. The zero-order chi connectivity index (χ0) is 38.4. The summed E-state index contributed by atoms with van der Waals surface area (Å²) in [6.07, 6.45) is 9.79. The average molecular weight is 797 g/mol. The minimum atomic E-state index is -4.14. The largest absolute Gasteiger partial charge is 0.490 e. The molecule has 0 aromatic heterocycles. The Labute approximate surface area is 331 Å². The minimum Gasteiger partial charge on any atom is -0.490 e. The molecule has 0 radical (unpaired) electrons. The van der Waals surface area contributed by atoms with Crippen LogP contribution < -0.4 is 14.4 Å². The van der Waals surface area contributed by atoms with Gasteiger partial charge in [-0.1, -0.05) is 36.7 Å². The number of benzene rings is 2. The van der Waals surface area contributed by atoms with E-state index in [1.165, 1.54) is 11.1 Å². The molecule has 2 aromatic rings. The zero-order valence-electron chi connectivity index (χ0n) is 32.3. The lowest BCUT2D eigenvalue weighted by molar-refractivity contribution is -0.108. The van der Waals surface area contributed by atoms with Crippen molar-refractivity contribution in [2.75, 3.05) is 84.3 Å². The number of carbonyl (C=O) groups is 1. The first kappa shape index (κ1) is 39.1. The molecule has 2 N–H and O–H groups in total. The van der Waals surface area contributed by atoms with Crippen molar-refractivity contribution in [1.82, 2.24) is 14.5 Å². The fraction of sp³-hybridized carbons (Fsp3) is 0.643. The molecule has 2 bridgehead atoms. The van der Waals surface area contributed by atoms with Gasteiger partial charge in [0.05, 0.1) is 30.8 Å². The number of methoxy groups -OCH3 is 1. The number of allylic oxidation sites excluding steroid dienone is 1. The van der Waals surface area contributed by atoms with Crippen molar-refractivity contribution in [2.45, 2.75) is 74.2 Å². The van der Waals surface area contributed by atoms with E-state index in [1.807, 2.05) is 32.2 Å². The van der Waals surface area contributed by atoms with Gasteiger partial charge >= 0.3 is 0 Å². The lowest BCUT2D eigenvalue weighted by atomic mass is 9.63. The molecule has 11 nitrogen and oxygen atoms in total. The standard InChI is InChI=1S/C42H57ClN4O7S/c1-29-5-3-15-42(52-2,27-45-16-17-46-18-20-53-25-34(46)24-45)36-10-7-32(36)23-47-26-41(14-4-6-30-21-33(43)9-11-35(30)41)28-54-38-12-8-31(22-37(38)47)40(49)44-55(50,51)39(29)13-19-48/h3,8-9,11-12,15,21-22,29,32,34,36,39,48H,4-7,10,13-14,16-20,23-28H2,1-2H3,(H,44,49)/b15-3+/t29-,32-,34-,36+,39+,41-,42+/m0/s1. The minimum absolute atomic E-state index is 0.0199. The number of aliphatic hydroxyl groups is 1. The highest BCUT2D eigenvalue weighted by atomic mass is 35.5. The molecule has 0 unspecified atom stereocenters. The van der Waals surface area contributed by atoms with E-state index in [9.17, 15) is 18.3 Å². The molecule has 2 aliphatic carbocycles. The smallest absolute Gasteiger partial charge is 0.264 e. The molecule has 13 heteroatoms. The third kappa shape index (κ3) is 7.69. The molecule has 3 fully saturated rings. The number of halogens is 1. The normalized spacial score (nSPS) is 34.6. The molecular formula is C42H57ClN4O7S. The third-order valence-electron chi connectivity index (χ3n) is 13.8. The van der Waals surface area contributed by atoms with E-state index in [1.54, 1.807) is 6.07 Å². The maximum absolute atomic E-state index is 13.9. The van der Waals surface area contributed by atoms with E-state index < -0.39 is 26.8 Å². The summed E-state index contributed by atoms with van der Waals surface area (Å²) in [7, 11) is -2.31. The average Bonchev–Trinajstić information content (AvgIpc) is 3.31. The van der Waals surface area contributed by atoms with Crippen molar-refractivity contribution in [2.24, 2.45) is 17.8 Å². The van der Waals surface area contributed by atoms with Crippen molar-refractivity contribution in [3.63, 3.8) is 0 Å². The van der Waals surface area contributed by atoms with Crippen LogP contribution >= 0.6 is 11.6 Å². The number of aryl methyl sites for hydroxylation is 1. The lowest BCUT2D eigenvalue weighted by Crippen LogP contribution is -2.62. The maximum atomic E-state index is 13.9. The number of anilines is 1. The van der Waals surface area contributed by atoms with Crippen molar-refractivity contribution in [1.29, 1.82) is 0 Å². The van der Waals surface area contributed by atoms with Gasteiger partial charge in [-0.25, -0.2) is 13.1 Å². The Kier molecular flexibility index (Phi) is 11.3. The Morgan fingerprint density at radius 3 is 2.78 bits per heavy atom. The Morgan fingerprint density at radius 2 is 1.98 bits per heavy atom. The second-order valence-electron chi connectivity index (χ2n) is 17.0. The Hall–Kier alpha value is -2.71. The van der Waals surface area contributed by atoms with Gasteiger partial charge in [-0.05, 0) is 104 Å². The van der Waals surface area contributed by atoms with Gasteiger partial charge in [-0.3, -0.25) is 14.6 Å². The number of aliphatic hydroxyl groups excluding tert-OH is 1. The van der Waals surface area contributed by atoms with Crippen molar-refractivity contribution >= 4 is 33.2 Å². The summed E-state index contributed by atoms with van der Waals surface area (Å²) in [6.45, 7) is 9.58. The molecule has 300 valence electrons. The number of ether oxygens (including phenoxy) is 3. The van der Waals surface area contributed by atoms with E-state index in [0.29, 0.717) is 37.3 Å². The molecule has 55 heavy (non-hydrogen) atoms. The SMILES string of the molecule is CO[C@@]1(CN2CCN3CCOC[C@@H]3C2)/C=C/C[C@H](C)[C@@H](CCO)S(=O)(=O)NC(=O)c2ccc3c(c2)N(C[C@@H]2CC[C@H]21)C[C@@]1(CCCc2cc(Cl)ccc21)CO3. The second-order valence-corrected chi connectivity index (χ2v) is 19.4. The highest BCUT2D eigenvalue weighted by Gasteiger charge is 2.50. The molecule has 8 rings (SSSR count). The van der Waals surface area contributed by atoms with Crippen LogP contribution in [0.4, 0.5) is 5.69 Å². The summed E-state index contributed by atoms with van der Waals surface area (Å²) in [5.74, 6) is 0.149. The molecule has 4 aliphatic heterocycles. The summed E-state index contributed by atoms with van der Waals surface area (Å²) < 4.78 is 49.5. The first-order valence-corrected chi connectivity index (χ1v) is 22.2. The number of sulfonamides is 1. The molecular weight excluding hydrogens is 740 g/mol. The van der Waals surface area contributed by atoms with Crippen molar-refractivity contribution in [3.8, 4) is 5.75 Å². The van der Waals surface area contributed by atoms with Gasteiger partial charge in [0.2, 0.25) is 10.0 Å². The third-order valence-corrected chi connectivity index (χ3v) is 16.0. The number of carbonyl (C=O) groups excluding carboxylic acids is 1. The molecule has 1 saturated carbocycles. The number of fused-ring (bicyclic) bond motifs is 5. The number of hydrogen-bond donors (Lipinski definition) is 2. The van der Waals surface area contributed by atoms with Crippen LogP contribution in [0.1, 0.15) is 66.9 Å². The first-order chi connectivity index (χ1) is 26.5. The topological polar surface area (TPSA) is 121 Å². The van der Waals surface area contributed by atoms with E-state index in [0.717, 1.165) is 95.3 Å². The van der Waals surface area contributed by atoms with Crippen LogP contribution in [-0.2, 0) is 31.3 Å². The van der Waals surface area contributed by atoms with Crippen LogP contribution in [-0.4, -0.2) is 125 Å². The number of piperazine rings is 1. The van der Waals surface area contributed by atoms with Crippen LogP contribution in [0.2, 0.25) is 5.02 Å². The number of nitrogens with one attached hydrogen (secondary N) is 1. The fourth-order valence-corrected chi connectivity index (χ4v) is 12.5. The number of morpholine rings is 1. The number of hydrogen-bond acceptors (Lipinski definition) is 10. The highest BCUT2D eigenvalue weighted by Crippen LogP contribution is 2.49. The second kappa shape index (κ2) is 15.9. The Bertz CT molecular complexity index is 1880. The van der Waals surface area contributed by atoms with Gasteiger partial charge in [0, 0.05) is 81.6 Å². The van der Waals surface area contributed by atoms with Crippen LogP contribution in [0.25, 0.3) is 0 Å². The summed E-state index contributed by atoms with van der Waals surface area (Å²) in [4.78, 5) is 21.3. The van der Waals surface area contributed by atoms with Gasteiger partial charge in [0.1, 0.15) is 11.4 Å². The van der Waals surface area contributed by atoms with Crippen LogP contribution in [0.5, 0.6) is 5.75 Å². The summed E-state index contributed by atoms with van der Waals surface area (Å²) in [5.41, 5.74) is 2.68. The quantitative estimate of drug-likeness (QED) is 0.414. The van der Waals surface area contributed by atoms with E-state index in [4.69, 9.17) is 25.8 Å². The summed E-state index contributed by atoms with van der Waals surface area (Å²) in [6, 6.07) is 11.9. The first-order valence-electron chi connectivity index (χ1n) is 20.3. The number of nitrogens with zero attached hydrogens (tertiary/aromatic N) is 3. The van der Waals surface area contributed by atoms with E-state index in [-0.39, 0.29) is 35.8 Å². The predicted molar refractivity (Wildman–Crippen MR) is 214 cm³/mol. The fourth-order valence-electron chi connectivity index (χ4n) is 10.6. The Balaban J connectivity index is 1.20. The molecule has 4 heterocycles. The van der Waals surface area contributed by atoms with Gasteiger partial charge < -0.3 is 24.2 Å². The molecule has 1 amide bonds. The highest BCUT2D eigenvalue weighted by molar-refractivity contribution is 7.90. The predicted octanol–water partition coefficient (Wildman–Crippen LogP) is 4.65. The lowest BCUT2D eigenvalue weighted by Gasteiger charge is -2.53. The van der Waals surface area contributed by atoms with E-state index in [2.05, 4.69) is 43.7 Å². The molecule has 2 saturated heterocycles. The van der Waals surface area contributed by atoms with Crippen molar-refractivity contribution in [3.05, 3.63) is 70.3 Å². The number of amides is 1. The van der Waals surface area contributed by atoms with Gasteiger partial charge in [0.15, 0.2) is 0 Å². The van der Waals surface area contributed by atoms with Gasteiger partial charge in [-0.15, -0.1) is 0 Å². The van der Waals surface area contributed by atoms with Gasteiger partial charge in [-0.2, -0.15) is 0 Å². The van der Waals surface area contributed by atoms with Crippen LogP contribution in [0.3, 0.4) is 0 Å². The van der Waals surface area contributed by atoms with Gasteiger partial charge in [0.25, 0.3) is 5.91 Å². The molecule has 1 spiro atoms.